The van der Waals surface area contributed by atoms with Crippen molar-refractivity contribution in [2.75, 3.05) is 29.9 Å². The molecule has 1 aliphatic rings. The van der Waals surface area contributed by atoms with Gasteiger partial charge in [-0.15, -0.1) is 23.5 Å². The highest BCUT2D eigenvalue weighted by atomic mass is 32.2. The van der Waals surface area contributed by atoms with E-state index in [2.05, 4.69) is 10.6 Å². The van der Waals surface area contributed by atoms with E-state index in [4.69, 9.17) is 0 Å². The SMILES string of the molecule is O=C(NCCNc1ccc([N+](=O)[O-])cc1)c1ccc(C2SCCCS2)cc1. The van der Waals surface area contributed by atoms with Crippen LogP contribution < -0.4 is 10.6 Å². The Labute approximate surface area is 166 Å². The van der Waals surface area contributed by atoms with E-state index in [0.717, 1.165) is 5.69 Å². The molecule has 2 N–H and O–H groups in total. The highest BCUT2D eigenvalue weighted by Gasteiger charge is 2.16. The molecule has 3 rings (SSSR count). The number of hydrogen-bond donors (Lipinski definition) is 2. The Morgan fingerprint density at radius 3 is 2.33 bits per heavy atom. The standard InChI is InChI=1S/C19H21N3O3S2/c23-18(14-2-4-15(5-3-14)19-26-12-1-13-27-19)21-11-10-20-16-6-8-17(9-7-16)22(24)25/h2-9,19-20H,1,10-13H2,(H,21,23). The van der Waals surface area contributed by atoms with Crippen LogP contribution in [0.15, 0.2) is 48.5 Å². The van der Waals surface area contributed by atoms with Crippen LogP contribution in [-0.4, -0.2) is 35.4 Å². The molecule has 0 atom stereocenters. The molecule has 8 heteroatoms. The van der Waals surface area contributed by atoms with Gasteiger partial charge in [0.2, 0.25) is 0 Å². The number of nitrogens with zero attached hydrogens (tertiary/aromatic N) is 1. The molecule has 0 radical (unpaired) electrons. The Morgan fingerprint density at radius 1 is 1.04 bits per heavy atom. The predicted molar refractivity (Wildman–Crippen MR) is 113 cm³/mol. The molecule has 0 aromatic heterocycles. The Kier molecular flexibility index (Phi) is 7.00. The topological polar surface area (TPSA) is 84.3 Å². The van der Waals surface area contributed by atoms with Crippen LogP contribution in [0, 0.1) is 10.1 Å². The fourth-order valence-corrected chi connectivity index (χ4v) is 5.55. The molecule has 1 aliphatic heterocycles. The van der Waals surface area contributed by atoms with Gasteiger partial charge in [0.05, 0.1) is 9.51 Å². The second-order valence-electron chi connectivity index (χ2n) is 6.04. The molecule has 2 aromatic rings. The zero-order chi connectivity index (χ0) is 19.1. The van der Waals surface area contributed by atoms with Gasteiger partial charge in [-0.3, -0.25) is 14.9 Å². The number of thioether (sulfide) groups is 2. The minimum atomic E-state index is -0.430. The molecule has 1 fully saturated rings. The van der Waals surface area contributed by atoms with E-state index in [1.807, 2.05) is 47.8 Å². The van der Waals surface area contributed by atoms with Crippen LogP contribution in [0.3, 0.4) is 0 Å². The van der Waals surface area contributed by atoms with Crippen LogP contribution in [0.1, 0.15) is 26.9 Å². The Bertz CT molecular complexity index is 776. The van der Waals surface area contributed by atoms with E-state index in [0.29, 0.717) is 23.2 Å². The number of amides is 1. The number of rotatable bonds is 7. The molecule has 0 saturated carbocycles. The lowest BCUT2D eigenvalue weighted by atomic mass is 10.1. The number of nitrogens with one attached hydrogen (secondary N) is 2. The second kappa shape index (κ2) is 9.66. The van der Waals surface area contributed by atoms with E-state index in [-0.39, 0.29) is 11.6 Å². The third kappa shape index (κ3) is 5.64. The van der Waals surface area contributed by atoms with Gasteiger partial charge in [0, 0.05) is 36.5 Å². The third-order valence-corrected chi connectivity index (χ3v) is 7.11. The average Bonchev–Trinajstić information content (AvgIpc) is 2.72. The minimum Gasteiger partial charge on any atom is -0.383 e. The van der Waals surface area contributed by atoms with Crippen LogP contribution in [0.5, 0.6) is 0 Å². The summed E-state index contributed by atoms with van der Waals surface area (Å²) in [6, 6.07) is 14.0. The maximum Gasteiger partial charge on any atom is 0.269 e. The number of nitro benzene ring substituents is 1. The third-order valence-electron chi connectivity index (χ3n) is 4.09. The van der Waals surface area contributed by atoms with E-state index in [1.54, 1.807) is 12.1 Å². The summed E-state index contributed by atoms with van der Waals surface area (Å²) < 4.78 is 0.474. The van der Waals surface area contributed by atoms with Crippen LogP contribution in [-0.2, 0) is 0 Å². The minimum absolute atomic E-state index is 0.0577. The molecular formula is C19H21N3O3S2. The van der Waals surface area contributed by atoms with Gasteiger partial charge in [-0.05, 0) is 47.8 Å². The van der Waals surface area contributed by atoms with E-state index >= 15 is 0 Å². The molecule has 1 amide bonds. The second-order valence-corrected chi connectivity index (χ2v) is 8.76. The van der Waals surface area contributed by atoms with Crippen molar-refractivity contribution in [2.45, 2.75) is 11.0 Å². The van der Waals surface area contributed by atoms with Crippen molar-refractivity contribution in [1.29, 1.82) is 0 Å². The summed E-state index contributed by atoms with van der Waals surface area (Å²) in [6.45, 7) is 1.00. The summed E-state index contributed by atoms with van der Waals surface area (Å²) in [6.07, 6.45) is 1.26. The molecule has 142 valence electrons. The van der Waals surface area contributed by atoms with Gasteiger partial charge in [0.25, 0.3) is 11.6 Å². The van der Waals surface area contributed by atoms with Gasteiger partial charge < -0.3 is 10.6 Å². The van der Waals surface area contributed by atoms with Gasteiger partial charge in [-0.1, -0.05) is 12.1 Å². The molecule has 0 aliphatic carbocycles. The average molecular weight is 404 g/mol. The lowest BCUT2D eigenvalue weighted by molar-refractivity contribution is -0.384. The van der Waals surface area contributed by atoms with Crippen molar-refractivity contribution in [3.63, 3.8) is 0 Å². The Morgan fingerprint density at radius 2 is 1.70 bits per heavy atom. The smallest absolute Gasteiger partial charge is 0.269 e. The number of nitro groups is 1. The van der Waals surface area contributed by atoms with E-state index < -0.39 is 4.92 Å². The number of hydrogen-bond acceptors (Lipinski definition) is 6. The molecule has 0 unspecified atom stereocenters. The number of benzene rings is 2. The van der Waals surface area contributed by atoms with Crippen molar-refractivity contribution in [3.05, 3.63) is 69.8 Å². The maximum absolute atomic E-state index is 12.2. The van der Waals surface area contributed by atoms with Crippen molar-refractivity contribution < 1.29 is 9.72 Å². The highest BCUT2D eigenvalue weighted by molar-refractivity contribution is 8.16. The van der Waals surface area contributed by atoms with Gasteiger partial charge in [-0.25, -0.2) is 0 Å². The first-order chi connectivity index (χ1) is 13.1. The number of carbonyl (C=O) groups excluding carboxylic acids is 1. The fourth-order valence-electron chi connectivity index (χ4n) is 2.66. The van der Waals surface area contributed by atoms with Crippen LogP contribution in [0.4, 0.5) is 11.4 Å². The summed E-state index contributed by atoms with van der Waals surface area (Å²) in [4.78, 5) is 22.4. The molecule has 27 heavy (non-hydrogen) atoms. The van der Waals surface area contributed by atoms with Gasteiger partial charge >= 0.3 is 0 Å². The Balaban J connectivity index is 1.43. The molecule has 6 nitrogen and oxygen atoms in total. The lowest BCUT2D eigenvalue weighted by Gasteiger charge is -2.21. The summed E-state index contributed by atoms with van der Waals surface area (Å²) in [5, 5.41) is 16.6. The van der Waals surface area contributed by atoms with Crippen molar-refractivity contribution in [3.8, 4) is 0 Å². The Hall–Kier alpha value is -2.19. The molecule has 1 saturated heterocycles. The van der Waals surface area contributed by atoms with Crippen LogP contribution in [0.2, 0.25) is 0 Å². The normalized spacial score (nSPS) is 14.5. The highest BCUT2D eigenvalue weighted by Crippen LogP contribution is 2.43. The van der Waals surface area contributed by atoms with Gasteiger partial charge in [-0.2, -0.15) is 0 Å². The van der Waals surface area contributed by atoms with Crippen LogP contribution >= 0.6 is 23.5 Å². The molecule has 2 aromatic carbocycles. The fraction of sp³-hybridized carbons (Fsp3) is 0.316. The first-order valence-corrected chi connectivity index (χ1v) is 10.8. The maximum atomic E-state index is 12.2. The van der Waals surface area contributed by atoms with Crippen LogP contribution in [0.25, 0.3) is 0 Å². The first kappa shape index (κ1) is 19.6. The van der Waals surface area contributed by atoms with Crippen molar-refractivity contribution >= 4 is 40.8 Å². The predicted octanol–water partition coefficient (Wildman–Crippen LogP) is 4.31. The van der Waals surface area contributed by atoms with E-state index in [9.17, 15) is 14.9 Å². The molecule has 0 bridgehead atoms. The molecule has 1 heterocycles. The monoisotopic (exact) mass is 403 g/mol. The first-order valence-electron chi connectivity index (χ1n) is 8.73. The summed E-state index contributed by atoms with van der Waals surface area (Å²) >= 11 is 3.93. The van der Waals surface area contributed by atoms with Crippen molar-refractivity contribution in [1.82, 2.24) is 5.32 Å². The number of anilines is 1. The zero-order valence-corrected chi connectivity index (χ0v) is 16.4. The van der Waals surface area contributed by atoms with Gasteiger partial charge in [0.1, 0.15) is 0 Å². The number of non-ortho nitro benzene ring substituents is 1. The largest absolute Gasteiger partial charge is 0.383 e. The molecular weight excluding hydrogens is 382 g/mol. The van der Waals surface area contributed by atoms with Crippen molar-refractivity contribution in [2.24, 2.45) is 0 Å². The zero-order valence-electron chi connectivity index (χ0n) is 14.7. The number of carbonyl (C=O) groups is 1. The lowest BCUT2D eigenvalue weighted by Crippen LogP contribution is -2.28. The summed E-state index contributed by atoms with van der Waals surface area (Å²) in [5.41, 5.74) is 2.75. The summed E-state index contributed by atoms with van der Waals surface area (Å²) in [5.74, 6) is 2.29. The molecule has 0 spiro atoms. The summed E-state index contributed by atoms with van der Waals surface area (Å²) in [7, 11) is 0. The van der Waals surface area contributed by atoms with E-state index in [1.165, 1.54) is 35.6 Å². The van der Waals surface area contributed by atoms with Gasteiger partial charge in [0.15, 0.2) is 0 Å². The quantitative estimate of drug-likeness (QED) is 0.407.